The number of pyridine rings is 1. The third-order valence-electron chi connectivity index (χ3n) is 4.54. The van der Waals surface area contributed by atoms with Gasteiger partial charge in [0.05, 0.1) is 5.69 Å². The van der Waals surface area contributed by atoms with Crippen LogP contribution in [0, 0.1) is 5.92 Å². The Kier molecular flexibility index (Phi) is 5.53. The van der Waals surface area contributed by atoms with Crippen molar-refractivity contribution in [2.24, 2.45) is 5.92 Å². The topological polar surface area (TPSA) is 71.5 Å². The SMILES string of the molecule is CC(C)C(=O)N1CCCC1C(=O)Nc1ccc(OC(F)F)c2ncccc12. The number of hydrogen-bond acceptors (Lipinski definition) is 4. The zero-order valence-corrected chi connectivity index (χ0v) is 15.1. The smallest absolute Gasteiger partial charge is 0.387 e. The molecule has 1 fully saturated rings. The lowest BCUT2D eigenvalue weighted by atomic mass is 10.1. The Balaban J connectivity index is 1.86. The molecule has 1 aliphatic heterocycles. The summed E-state index contributed by atoms with van der Waals surface area (Å²) in [6.45, 7) is 1.19. The molecule has 2 aromatic rings. The molecule has 1 saturated heterocycles. The van der Waals surface area contributed by atoms with E-state index in [9.17, 15) is 18.4 Å². The van der Waals surface area contributed by atoms with Gasteiger partial charge >= 0.3 is 6.61 Å². The maximum atomic E-state index is 12.8. The summed E-state index contributed by atoms with van der Waals surface area (Å²) >= 11 is 0. The first-order valence-corrected chi connectivity index (χ1v) is 8.82. The predicted octanol–water partition coefficient (Wildman–Crippen LogP) is 3.42. The molecule has 2 amide bonds. The van der Waals surface area contributed by atoms with E-state index in [0.29, 0.717) is 24.0 Å². The molecule has 1 aliphatic rings. The number of ether oxygens (including phenoxy) is 1. The molecule has 0 radical (unpaired) electrons. The number of halogens is 2. The van der Waals surface area contributed by atoms with Crippen molar-refractivity contribution in [3.05, 3.63) is 30.5 Å². The fourth-order valence-electron chi connectivity index (χ4n) is 3.30. The van der Waals surface area contributed by atoms with Crippen LogP contribution in [0.4, 0.5) is 14.5 Å². The molecule has 6 nitrogen and oxygen atoms in total. The number of carbonyl (C=O) groups excluding carboxylic acids is 2. The first-order valence-electron chi connectivity index (χ1n) is 8.82. The largest absolute Gasteiger partial charge is 0.432 e. The number of hydrogen-bond donors (Lipinski definition) is 1. The highest BCUT2D eigenvalue weighted by Crippen LogP contribution is 2.31. The third-order valence-corrected chi connectivity index (χ3v) is 4.54. The van der Waals surface area contributed by atoms with Crippen LogP contribution in [0.2, 0.25) is 0 Å². The fourth-order valence-corrected chi connectivity index (χ4v) is 3.30. The first kappa shape index (κ1) is 19.0. The maximum absolute atomic E-state index is 12.8. The number of nitrogens with zero attached hydrogens (tertiary/aromatic N) is 2. The van der Waals surface area contributed by atoms with E-state index in [1.807, 2.05) is 0 Å². The van der Waals surface area contributed by atoms with Gasteiger partial charge in [-0.25, -0.2) is 0 Å². The number of anilines is 1. The Morgan fingerprint density at radius 3 is 2.78 bits per heavy atom. The van der Waals surface area contributed by atoms with Crippen LogP contribution in [0.3, 0.4) is 0 Å². The van der Waals surface area contributed by atoms with Crippen LogP contribution in [-0.4, -0.2) is 40.9 Å². The highest BCUT2D eigenvalue weighted by molar-refractivity contribution is 6.05. The Labute approximate surface area is 155 Å². The molecule has 144 valence electrons. The highest BCUT2D eigenvalue weighted by Gasteiger charge is 2.35. The van der Waals surface area contributed by atoms with Crippen LogP contribution in [0.5, 0.6) is 5.75 Å². The van der Waals surface area contributed by atoms with Crippen LogP contribution in [0.15, 0.2) is 30.5 Å². The minimum absolute atomic E-state index is 0.0557. The van der Waals surface area contributed by atoms with Gasteiger partial charge in [-0.15, -0.1) is 0 Å². The van der Waals surface area contributed by atoms with Crippen LogP contribution in [0.1, 0.15) is 26.7 Å². The number of rotatable bonds is 5. The minimum atomic E-state index is -2.97. The standard InChI is InChI=1S/C19H21F2N3O3/c1-11(2)18(26)24-10-4-6-14(24)17(25)23-13-7-8-15(27-19(20)21)16-12(13)5-3-9-22-16/h3,5,7-9,11,14,19H,4,6,10H2,1-2H3,(H,23,25). The Hall–Kier alpha value is -2.77. The van der Waals surface area contributed by atoms with Gasteiger partial charge in [0, 0.05) is 24.0 Å². The second-order valence-corrected chi connectivity index (χ2v) is 6.72. The number of benzene rings is 1. The van der Waals surface area contributed by atoms with Gasteiger partial charge in [-0.2, -0.15) is 8.78 Å². The van der Waals surface area contributed by atoms with E-state index in [-0.39, 0.29) is 29.0 Å². The van der Waals surface area contributed by atoms with Crippen molar-refractivity contribution in [3.8, 4) is 5.75 Å². The zero-order chi connectivity index (χ0) is 19.6. The predicted molar refractivity (Wildman–Crippen MR) is 96.6 cm³/mol. The molecule has 1 aromatic heterocycles. The molecule has 27 heavy (non-hydrogen) atoms. The summed E-state index contributed by atoms with van der Waals surface area (Å²) < 4.78 is 29.7. The third kappa shape index (κ3) is 3.99. The van der Waals surface area contributed by atoms with E-state index in [0.717, 1.165) is 6.42 Å². The van der Waals surface area contributed by atoms with Crippen LogP contribution >= 0.6 is 0 Å². The van der Waals surface area contributed by atoms with Gasteiger partial charge in [0.1, 0.15) is 11.6 Å². The molecular weight excluding hydrogens is 356 g/mol. The number of amides is 2. The molecule has 2 heterocycles. The Bertz CT molecular complexity index is 857. The maximum Gasteiger partial charge on any atom is 0.387 e. The van der Waals surface area contributed by atoms with E-state index in [1.54, 1.807) is 30.9 Å². The van der Waals surface area contributed by atoms with Crippen LogP contribution < -0.4 is 10.1 Å². The Morgan fingerprint density at radius 2 is 2.07 bits per heavy atom. The van der Waals surface area contributed by atoms with Crippen molar-refractivity contribution in [3.63, 3.8) is 0 Å². The number of aromatic nitrogens is 1. The highest BCUT2D eigenvalue weighted by atomic mass is 19.3. The van der Waals surface area contributed by atoms with Gasteiger partial charge in [0.25, 0.3) is 0 Å². The normalized spacial score (nSPS) is 17.0. The van der Waals surface area contributed by atoms with Crippen molar-refractivity contribution in [1.29, 1.82) is 0 Å². The van der Waals surface area contributed by atoms with Crippen LogP contribution in [0.25, 0.3) is 10.9 Å². The van der Waals surface area contributed by atoms with Gasteiger partial charge < -0.3 is 15.0 Å². The average molecular weight is 377 g/mol. The number of likely N-dealkylation sites (tertiary alicyclic amines) is 1. The van der Waals surface area contributed by atoms with E-state index in [2.05, 4.69) is 15.0 Å². The minimum Gasteiger partial charge on any atom is -0.432 e. The van der Waals surface area contributed by atoms with E-state index < -0.39 is 12.7 Å². The van der Waals surface area contributed by atoms with Gasteiger partial charge in [0.2, 0.25) is 11.8 Å². The molecule has 3 rings (SSSR count). The summed E-state index contributed by atoms with van der Waals surface area (Å²) in [5.74, 6) is -0.598. The fraction of sp³-hybridized carbons (Fsp3) is 0.421. The van der Waals surface area contributed by atoms with E-state index in [4.69, 9.17) is 0 Å². The molecule has 0 spiro atoms. The molecule has 0 saturated carbocycles. The lowest BCUT2D eigenvalue weighted by Gasteiger charge is -2.25. The lowest BCUT2D eigenvalue weighted by molar-refractivity contribution is -0.139. The number of nitrogens with one attached hydrogen (secondary N) is 1. The van der Waals surface area contributed by atoms with E-state index in [1.165, 1.54) is 18.3 Å². The number of carbonyl (C=O) groups is 2. The van der Waals surface area contributed by atoms with E-state index >= 15 is 0 Å². The summed E-state index contributed by atoms with van der Waals surface area (Å²) in [5.41, 5.74) is 0.672. The monoisotopic (exact) mass is 377 g/mol. The van der Waals surface area contributed by atoms with Crippen molar-refractivity contribution in [2.45, 2.75) is 39.3 Å². The second kappa shape index (κ2) is 7.85. The molecule has 0 aliphatic carbocycles. The summed E-state index contributed by atoms with van der Waals surface area (Å²) in [4.78, 5) is 30.8. The quantitative estimate of drug-likeness (QED) is 0.867. The molecule has 1 N–H and O–H groups in total. The molecule has 8 heteroatoms. The molecule has 0 bridgehead atoms. The molecule has 1 unspecified atom stereocenters. The second-order valence-electron chi connectivity index (χ2n) is 6.72. The molecule has 1 aromatic carbocycles. The summed E-state index contributed by atoms with van der Waals surface area (Å²) in [7, 11) is 0. The summed E-state index contributed by atoms with van der Waals surface area (Å²) in [5, 5.41) is 3.30. The average Bonchev–Trinajstić information content (AvgIpc) is 3.12. The van der Waals surface area contributed by atoms with Gasteiger partial charge in [-0.3, -0.25) is 14.6 Å². The van der Waals surface area contributed by atoms with Crippen LogP contribution in [-0.2, 0) is 9.59 Å². The van der Waals surface area contributed by atoms with Crippen molar-refractivity contribution < 1.29 is 23.1 Å². The first-order chi connectivity index (χ1) is 12.9. The lowest BCUT2D eigenvalue weighted by Crippen LogP contribution is -2.44. The summed E-state index contributed by atoms with van der Waals surface area (Å²) in [6, 6.07) is 5.63. The number of alkyl halides is 2. The van der Waals surface area contributed by atoms with Crippen molar-refractivity contribution in [2.75, 3.05) is 11.9 Å². The number of fused-ring (bicyclic) bond motifs is 1. The Morgan fingerprint density at radius 1 is 1.30 bits per heavy atom. The van der Waals surface area contributed by atoms with Gasteiger partial charge in [-0.05, 0) is 37.1 Å². The van der Waals surface area contributed by atoms with Gasteiger partial charge in [-0.1, -0.05) is 13.8 Å². The zero-order valence-electron chi connectivity index (χ0n) is 15.1. The van der Waals surface area contributed by atoms with Gasteiger partial charge in [0.15, 0.2) is 5.75 Å². The summed E-state index contributed by atoms with van der Waals surface area (Å²) in [6.07, 6.45) is 2.82. The molecular formula is C19H21F2N3O3. The van der Waals surface area contributed by atoms with Crippen molar-refractivity contribution >= 4 is 28.4 Å². The van der Waals surface area contributed by atoms with Crippen molar-refractivity contribution in [1.82, 2.24) is 9.88 Å². The molecule has 1 atom stereocenters.